The molecule has 0 atom stereocenters. The highest BCUT2D eigenvalue weighted by molar-refractivity contribution is 8.18. The van der Waals surface area contributed by atoms with Gasteiger partial charge in [0.1, 0.15) is 5.82 Å². The highest BCUT2D eigenvalue weighted by Crippen LogP contribution is 2.31. The minimum Gasteiger partial charge on any atom is -0.350 e. The molecule has 1 fully saturated rings. The number of rotatable bonds is 7. The molecule has 2 aromatic carbocycles. The number of amides is 3. The Labute approximate surface area is 189 Å². The lowest BCUT2D eigenvalue weighted by Gasteiger charge is -2.14. The molecule has 1 aliphatic heterocycles. The molecule has 3 rings (SSSR count). The maximum absolute atomic E-state index is 13.0. The molecule has 2 aromatic rings. The second kappa shape index (κ2) is 9.63. The summed E-state index contributed by atoms with van der Waals surface area (Å²) in [4.78, 5) is 38.3. The van der Waals surface area contributed by atoms with Gasteiger partial charge in [0.15, 0.2) is 0 Å². The third kappa shape index (κ3) is 5.23. The summed E-state index contributed by atoms with van der Waals surface area (Å²) >= 11 is 0.764. The molecule has 3 amide bonds. The normalized spacial score (nSPS) is 15.6. The van der Waals surface area contributed by atoms with Crippen molar-refractivity contribution in [2.45, 2.75) is 4.90 Å². The minimum absolute atomic E-state index is 0.00857. The van der Waals surface area contributed by atoms with Gasteiger partial charge in [0.2, 0.25) is 10.0 Å². The largest absolute Gasteiger partial charge is 0.350 e. The number of carbonyl (C=O) groups excluding carboxylic acids is 3. The maximum atomic E-state index is 13.0. The van der Waals surface area contributed by atoms with Gasteiger partial charge in [-0.25, -0.2) is 17.1 Å². The van der Waals surface area contributed by atoms with Crippen molar-refractivity contribution in [2.75, 3.05) is 27.2 Å². The van der Waals surface area contributed by atoms with Gasteiger partial charge >= 0.3 is 0 Å². The van der Waals surface area contributed by atoms with E-state index in [1.54, 1.807) is 0 Å². The summed E-state index contributed by atoms with van der Waals surface area (Å²) in [5.41, 5.74) is 0.719. The molecule has 0 radical (unpaired) electrons. The van der Waals surface area contributed by atoms with Gasteiger partial charge in [0.05, 0.1) is 9.80 Å². The Morgan fingerprint density at radius 2 is 1.84 bits per heavy atom. The Kier molecular flexibility index (Phi) is 7.12. The number of hydrogen-bond acceptors (Lipinski definition) is 6. The molecule has 32 heavy (non-hydrogen) atoms. The second-order valence-electron chi connectivity index (χ2n) is 6.96. The van der Waals surface area contributed by atoms with Crippen molar-refractivity contribution in [3.63, 3.8) is 0 Å². The van der Waals surface area contributed by atoms with E-state index < -0.39 is 32.9 Å². The zero-order valence-corrected chi connectivity index (χ0v) is 18.9. The minimum atomic E-state index is -3.69. The molecule has 8 nitrogen and oxygen atoms in total. The van der Waals surface area contributed by atoms with E-state index in [0.29, 0.717) is 5.56 Å². The number of carbonyl (C=O) groups is 3. The first-order valence-corrected chi connectivity index (χ1v) is 11.7. The first kappa shape index (κ1) is 23.6. The number of sulfonamides is 1. The predicted octanol–water partition coefficient (Wildman–Crippen LogP) is 2.54. The van der Waals surface area contributed by atoms with Crippen LogP contribution in [0.1, 0.15) is 15.9 Å². The van der Waals surface area contributed by atoms with Crippen LogP contribution in [0.5, 0.6) is 0 Å². The molecule has 168 valence electrons. The summed E-state index contributed by atoms with van der Waals surface area (Å²) < 4.78 is 38.5. The lowest BCUT2D eigenvalue weighted by Crippen LogP contribution is -2.37. The van der Waals surface area contributed by atoms with Gasteiger partial charge in [0, 0.05) is 32.7 Å². The quantitative estimate of drug-likeness (QED) is 0.615. The Balaban J connectivity index is 1.62. The highest BCUT2D eigenvalue weighted by Gasteiger charge is 2.34. The highest BCUT2D eigenvalue weighted by atomic mass is 32.2. The van der Waals surface area contributed by atoms with Crippen molar-refractivity contribution >= 4 is 44.9 Å². The average Bonchev–Trinajstić information content (AvgIpc) is 3.02. The van der Waals surface area contributed by atoms with E-state index in [9.17, 15) is 27.2 Å². The van der Waals surface area contributed by atoms with E-state index in [4.69, 9.17) is 0 Å². The number of nitrogens with one attached hydrogen (secondary N) is 1. The van der Waals surface area contributed by atoms with Crippen LogP contribution in [0.4, 0.5) is 9.18 Å². The smallest absolute Gasteiger partial charge is 0.293 e. The first-order valence-electron chi connectivity index (χ1n) is 9.41. The van der Waals surface area contributed by atoms with Gasteiger partial charge in [0.25, 0.3) is 17.1 Å². The first-order chi connectivity index (χ1) is 15.1. The van der Waals surface area contributed by atoms with Crippen LogP contribution in [0.3, 0.4) is 0 Å². The summed E-state index contributed by atoms with van der Waals surface area (Å²) in [5, 5.41) is 2.11. The number of halogens is 1. The van der Waals surface area contributed by atoms with Crippen LogP contribution in [0, 0.1) is 5.82 Å². The molecule has 0 spiro atoms. The number of benzene rings is 2. The van der Waals surface area contributed by atoms with E-state index in [1.807, 2.05) is 0 Å². The Hall–Kier alpha value is -3.02. The summed E-state index contributed by atoms with van der Waals surface area (Å²) in [6.07, 6.45) is 1.50. The lowest BCUT2D eigenvalue weighted by molar-refractivity contribution is -0.122. The molecule has 1 N–H and O–H groups in total. The lowest BCUT2D eigenvalue weighted by atomic mass is 10.2. The predicted molar refractivity (Wildman–Crippen MR) is 119 cm³/mol. The topological polar surface area (TPSA) is 104 Å². The van der Waals surface area contributed by atoms with Crippen molar-refractivity contribution in [3.8, 4) is 0 Å². The van der Waals surface area contributed by atoms with Crippen molar-refractivity contribution < 1.29 is 27.2 Å². The zero-order valence-electron chi connectivity index (χ0n) is 17.2. The van der Waals surface area contributed by atoms with Crippen LogP contribution in [0.25, 0.3) is 6.08 Å². The number of imide groups is 1. The van der Waals surface area contributed by atoms with Crippen LogP contribution >= 0.6 is 11.8 Å². The van der Waals surface area contributed by atoms with Crippen LogP contribution in [-0.2, 0) is 14.8 Å². The molecule has 1 aliphatic rings. The van der Waals surface area contributed by atoms with Crippen LogP contribution < -0.4 is 5.32 Å². The summed E-state index contributed by atoms with van der Waals surface area (Å²) in [6, 6.07) is 11.1. The third-order valence-corrected chi connectivity index (χ3v) is 7.26. The molecule has 1 saturated heterocycles. The Morgan fingerprint density at radius 1 is 1.16 bits per heavy atom. The molecule has 0 saturated carbocycles. The second-order valence-corrected chi connectivity index (χ2v) is 10.1. The molecular formula is C21H20FN3O5S2. The van der Waals surface area contributed by atoms with Gasteiger partial charge < -0.3 is 5.32 Å². The molecule has 0 aliphatic carbocycles. The molecule has 0 unspecified atom stereocenters. The van der Waals surface area contributed by atoms with Crippen LogP contribution in [0.2, 0.25) is 0 Å². The fraction of sp³-hybridized carbons (Fsp3) is 0.190. The van der Waals surface area contributed by atoms with E-state index in [0.717, 1.165) is 21.0 Å². The zero-order chi connectivity index (χ0) is 23.5. The van der Waals surface area contributed by atoms with Gasteiger partial charge in [-0.1, -0.05) is 18.2 Å². The van der Waals surface area contributed by atoms with E-state index in [-0.39, 0.29) is 28.5 Å². The summed E-state index contributed by atoms with van der Waals surface area (Å²) in [6.45, 7) is -0.0573. The Bertz CT molecular complexity index is 1190. The maximum Gasteiger partial charge on any atom is 0.293 e. The fourth-order valence-corrected chi connectivity index (χ4v) is 4.61. The molecule has 0 aromatic heterocycles. The van der Waals surface area contributed by atoms with Crippen LogP contribution in [-0.4, -0.2) is 61.9 Å². The number of nitrogens with zero attached hydrogens (tertiary/aromatic N) is 2. The molecule has 0 bridgehead atoms. The third-order valence-electron chi connectivity index (χ3n) is 4.54. The van der Waals surface area contributed by atoms with E-state index >= 15 is 0 Å². The molecular weight excluding hydrogens is 457 g/mol. The van der Waals surface area contributed by atoms with Crippen molar-refractivity contribution in [3.05, 3.63) is 70.4 Å². The standard InChI is InChI=1S/C21H20FN3O5S2/c1-24(2)32(29,30)17-5-3-4-15(13-17)19(26)23-10-11-25-20(27)18(31-21(25)28)12-14-6-8-16(22)9-7-14/h3-9,12-13H,10-11H2,1-2H3,(H,23,26)/b18-12-. The van der Waals surface area contributed by atoms with Gasteiger partial charge in [-0.3, -0.25) is 19.3 Å². The SMILES string of the molecule is CN(C)S(=O)(=O)c1cccc(C(=O)NCCN2C(=O)S/C(=C\c3ccc(F)cc3)C2=O)c1. The molecule has 1 heterocycles. The van der Waals surface area contributed by atoms with E-state index in [1.165, 1.54) is 68.7 Å². The van der Waals surface area contributed by atoms with Gasteiger partial charge in [-0.15, -0.1) is 0 Å². The number of hydrogen-bond donors (Lipinski definition) is 1. The van der Waals surface area contributed by atoms with E-state index in [2.05, 4.69) is 5.32 Å². The fourth-order valence-electron chi connectivity index (χ4n) is 2.80. The van der Waals surface area contributed by atoms with Gasteiger partial charge in [-0.05, 0) is 53.7 Å². The summed E-state index contributed by atoms with van der Waals surface area (Å²) in [7, 11) is -0.906. The Morgan fingerprint density at radius 3 is 2.50 bits per heavy atom. The molecule has 11 heteroatoms. The van der Waals surface area contributed by atoms with Crippen molar-refractivity contribution in [1.29, 1.82) is 0 Å². The average molecular weight is 478 g/mol. The van der Waals surface area contributed by atoms with Gasteiger partial charge in [-0.2, -0.15) is 0 Å². The van der Waals surface area contributed by atoms with Crippen molar-refractivity contribution in [2.24, 2.45) is 0 Å². The summed E-state index contributed by atoms with van der Waals surface area (Å²) in [5.74, 6) is -1.44. The monoisotopic (exact) mass is 477 g/mol. The number of thioether (sulfide) groups is 1. The van der Waals surface area contributed by atoms with Crippen LogP contribution in [0.15, 0.2) is 58.3 Å². The van der Waals surface area contributed by atoms with Crippen molar-refractivity contribution in [1.82, 2.24) is 14.5 Å².